The van der Waals surface area contributed by atoms with Crippen molar-refractivity contribution in [2.45, 2.75) is 17.7 Å². The molecule has 1 amide bonds. The number of piperidine rings is 1. The smallest absolute Gasteiger partial charge is 0.228 e. The number of rotatable bonds is 6. The lowest BCUT2D eigenvalue weighted by Gasteiger charge is -2.22. The van der Waals surface area contributed by atoms with E-state index < -0.39 is 0 Å². The van der Waals surface area contributed by atoms with Gasteiger partial charge in [0.05, 0.1) is 24.4 Å². The van der Waals surface area contributed by atoms with Crippen molar-refractivity contribution in [1.82, 2.24) is 5.32 Å². The van der Waals surface area contributed by atoms with E-state index in [1.54, 1.807) is 7.11 Å². The second-order valence-electron chi connectivity index (χ2n) is 5.96. The lowest BCUT2D eigenvalue weighted by molar-refractivity contribution is -0.120. The molecule has 5 nitrogen and oxygen atoms in total. The minimum Gasteiger partial charge on any atom is -0.497 e. The Morgan fingerprint density at radius 2 is 1.92 bits per heavy atom. The monoisotopic (exact) mass is 357 g/mol. The molecule has 2 aromatic rings. The van der Waals surface area contributed by atoms with Crippen LogP contribution in [0.1, 0.15) is 12.8 Å². The van der Waals surface area contributed by atoms with Gasteiger partial charge in [-0.3, -0.25) is 4.79 Å². The first kappa shape index (κ1) is 17.6. The second-order valence-corrected chi connectivity index (χ2v) is 6.84. The Balaban J connectivity index is 1.62. The molecule has 0 aromatic heterocycles. The lowest BCUT2D eigenvalue weighted by Crippen LogP contribution is -2.37. The summed E-state index contributed by atoms with van der Waals surface area (Å²) in [5.41, 5.74) is 1.69. The van der Waals surface area contributed by atoms with Crippen LogP contribution in [0.5, 0.6) is 5.75 Å². The van der Waals surface area contributed by atoms with Gasteiger partial charge < -0.3 is 20.1 Å². The van der Waals surface area contributed by atoms with Crippen molar-refractivity contribution in [3.05, 3.63) is 48.5 Å². The van der Waals surface area contributed by atoms with Crippen molar-refractivity contribution >= 4 is 29.2 Å². The molecule has 1 saturated heterocycles. The Morgan fingerprint density at radius 1 is 1.16 bits per heavy atom. The number of methoxy groups -OCH3 is 1. The molecule has 1 fully saturated rings. The van der Waals surface area contributed by atoms with Gasteiger partial charge in [0.1, 0.15) is 5.75 Å². The Bertz CT molecular complexity index is 700. The first-order valence-corrected chi connectivity index (χ1v) is 9.25. The molecule has 1 aliphatic heterocycles. The van der Waals surface area contributed by atoms with E-state index in [2.05, 4.69) is 15.4 Å². The summed E-state index contributed by atoms with van der Waals surface area (Å²) in [4.78, 5) is 13.5. The molecule has 1 atom stereocenters. The minimum absolute atomic E-state index is 0.0380. The van der Waals surface area contributed by atoms with Crippen molar-refractivity contribution < 1.29 is 9.53 Å². The standard InChI is InChI=1S/C19H23N3O2S/c1-24-15-8-10-16(11-9-15)25-22-18-7-3-2-6-17(18)21-19(23)14-5-4-12-20-13-14/h2-3,6-11,14,20,22H,4-5,12-13H2,1H3,(H,21,23). The van der Waals surface area contributed by atoms with Crippen LogP contribution in [0.4, 0.5) is 11.4 Å². The molecule has 3 N–H and O–H groups in total. The zero-order chi connectivity index (χ0) is 17.5. The Labute approximate surface area is 152 Å². The van der Waals surface area contributed by atoms with E-state index in [0.29, 0.717) is 0 Å². The Morgan fingerprint density at radius 3 is 2.60 bits per heavy atom. The predicted molar refractivity (Wildman–Crippen MR) is 103 cm³/mol. The van der Waals surface area contributed by atoms with E-state index in [4.69, 9.17) is 4.74 Å². The van der Waals surface area contributed by atoms with Crippen LogP contribution in [0.2, 0.25) is 0 Å². The summed E-state index contributed by atoms with van der Waals surface area (Å²) < 4.78 is 8.49. The summed E-state index contributed by atoms with van der Waals surface area (Å²) in [6.45, 7) is 1.75. The van der Waals surface area contributed by atoms with E-state index >= 15 is 0 Å². The van der Waals surface area contributed by atoms with Gasteiger partial charge in [0.2, 0.25) is 5.91 Å². The average Bonchev–Trinajstić information content (AvgIpc) is 2.68. The normalized spacial score (nSPS) is 16.9. The van der Waals surface area contributed by atoms with Gasteiger partial charge in [0.25, 0.3) is 0 Å². The number of ether oxygens (including phenoxy) is 1. The zero-order valence-electron chi connectivity index (χ0n) is 14.2. The number of anilines is 2. The van der Waals surface area contributed by atoms with Crippen LogP contribution in [-0.4, -0.2) is 26.1 Å². The molecule has 6 heteroatoms. The van der Waals surface area contributed by atoms with Crippen LogP contribution >= 0.6 is 11.9 Å². The van der Waals surface area contributed by atoms with E-state index in [-0.39, 0.29) is 11.8 Å². The topological polar surface area (TPSA) is 62.4 Å². The lowest BCUT2D eigenvalue weighted by atomic mass is 9.99. The number of carbonyl (C=O) groups excluding carboxylic acids is 1. The average molecular weight is 357 g/mol. The fourth-order valence-electron chi connectivity index (χ4n) is 2.75. The summed E-state index contributed by atoms with van der Waals surface area (Å²) in [7, 11) is 1.65. The maximum atomic E-state index is 12.5. The molecule has 0 radical (unpaired) electrons. The van der Waals surface area contributed by atoms with Crippen molar-refractivity contribution in [1.29, 1.82) is 0 Å². The molecule has 0 spiro atoms. The van der Waals surface area contributed by atoms with Gasteiger partial charge >= 0.3 is 0 Å². The van der Waals surface area contributed by atoms with E-state index in [1.165, 1.54) is 11.9 Å². The van der Waals surface area contributed by atoms with Gasteiger partial charge in [-0.2, -0.15) is 0 Å². The Kier molecular flexibility index (Phi) is 6.19. The van der Waals surface area contributed by atoms with Crippen molar-refractivity contribution in [3.63, 3.8) is 0 Å². The van der Waals surface area contributed by atoms with Crippen molar-refractivity contribution in [2.75, 3.05) is 30.2 Å². The molecule has 0 bridgehead atoms. The van der Waals surface area contributed by atoms with Gasteiger partial charge in [-0.15, -0.1) is 0 Å². The highest BCUT2D eigenvalue weighted by atomic mass is 32.2. The first-order valence-electron chi connectivity index (χ1n) is 8.44. The Hall–Kier alpha value is -2.18. The summed E-state index contributed by atoms with van der Waals surface area (Å²) in [6, 6.07) is 15.6. The molecule has 1 unspecified atom stereocenters. The molecule has 132 valence electrons. The summed E-state index contributed by atoms with van der Waals surface area (Å²) in [5.74, 6) is 0.949. The second kappa shape index (κ2) is 8.78. The van der Waals surface area contributed by atoms with Crippen LogP contribution in [0.15, 0.2) is 53.4 Å². The molecule has 1 aliphatic rings. The van der Waals surface area contributed by atoms with Crippen LogP contribution in [0, 0.1) is 5.92 Å². The van der Waals surface area contributed by atoms with Gasteiger partial charge in [-0.25, -0.2) is 0 Å². The van der Waals surface area contributed by atoms with E-state index in [9.17, 15) is 4.79 Å². The fourth-order valence-corrected chi connectivity index (χ4v) is 3.43. The third-order valence-corrected chi connectivity index (χ3v) is 5.02. The largest absolute Gasteiger partial charge is 0.497 e. The number of benzene rings is 2. The molecule has 0 aliphatic carbocycles. The number of hydrogen-bond donors (Lipinski definition) is 3. The molecule has 2 aromatic carbocycles. The van der Waals surface area contributed by atoms with Gasteiger partial charge in [0.15, 0.2) is 0 Å². The van der Waals surface area contributed by atoms with E-state index in [1.807, 2.05) is 48.5 Å². The van der Waals surface area contributed by atoms with Crippen LogP contribution in [0.25, 0.3) is 0 Å². The maximum Gasteiger partial charge on any atom is 0.228 e. The maximum absolute atomic E-state index is 12.5. The molecular formula is C19H23N3O2S. The van der Waals surface area contributed by atoms with Crippen LogP contribution in [0.3, 0.4) is 0 Å². The van der Waals surface area contributed by atoms with Gasteiger partial charge in [0, 0.05) is 11.4 Å². The molecule has 25 heavy (non-hydrogen) atoms. The van der Waals surface area contributed by atoms with Gasteiger partial charge in [-0.1, -0.05) is 12.1 Å². The minimum atomic E-state index is 0.0380. The summed E-state index contributed by atoms with van der Waals surface area (Å²) >= 11 is 1.50. The number of nitrogens with one attached hydrogen (secondary N) is 3. The fraction of sp³-hybridized carbons (Fsp3) is 0.316. The third kappa shape index (κ3) is 4.90. The van der Waals surface area contributed by atoms with Crippen LogP contribution in [-0.2, 0) is 4.79 Å². The van der Waals surface area contributed by atoms with Crippen molar-refractivity contribution in [3.8, 4) is 5.75 Å². The summed E-state index contributed by atoms with van der Waals surface area (Å²) in [5, 5.41) is 6.34. The predicted octanol–water partition coefficient (Wildman–Crippen LogP) is 3.75. The first-order chi connectivity index (χ1) is 12.3. The molecule has 3 rings (SSSR count). The summed E-state index contributed by atoms with van der Waals surface area (Å²) in [6.07, 6.45) is 1.99. The SMILES string of the molecule is COc1ccc(SNc2ccccc2NC(=O)C2CCCNC2)cc1. The van der Waals surface area contributed by atoms with Gasteiger partial charge in [-0.05, 0) is 67.7 Å². The number of hydrogen-bond acceptors (Lipinski definition) is 5. The number of amides is 1. The quantitative estimate of drug-likeness (QED) is 0.687. The van der Waals surface area contributed by atoms with Crippen LogP contribution < -0.4 is 20.1 Å². The number of carbonyl (C=O) groups is 1. The number of para-hydroxylation sites is 2. The van der Waals surface area contributed by atoms with E-state index in [0.717, 1.165) is 48.0 Å². The molecule has 1 heterocycles. The zero-order valence-corrected chi connectivity index (χ0v) is 15.1. The highest BCUT2D eigenvalue weighted by Gasteiger charge is 2.21. The molecule has 0 saturated carbocycles. The third-order valence-electron chi connectivity index (χ3n) is 4.19. The highest BCUT2D eigenvalue weighted by Crippen LogP contribution is 2.29. The molecular weight excluding hydrogens is 334 g/mol. The highest BCUT2D eigenvalue weighted by molar-refractivity contribution is 8.00. The van der Waals surface area contributed by atoms with Crippen molar-refractivity contribution in [2.24, 2.45) is 5.92 Å².